The molecule has 0 aliphatic heterocycles. The van der Waals surface area contributed by atoms with Gasteiger partial charge in [-0.15, -0.1) is 0 Å². The normalized spacial score (nSPS) is 10.9. The molecule has 0 amide bonds. The second-order valence-electron chi connectivity index (χ2n) is 5.37. The molecular weight excluding hydrogens is 252 g/mol. The lowest BCUT2D eigenvalue weighted by molar-refractivity contribution is 0.0206. The highest BCUT2D eigenvalue weighted by molar-refractivity contribution is 5.67. The van der Waals surface area contributed by atoms with Crippen molar-refractivity contribution in [2.45, 2.75) is 26.4 Å². The van der Waals surface area contributed by atoms with Crippen LogP contribution in [0.1, 0.15) is 20.8 Å². The summed E-state index contributed by atoms with van der Waals surface area (Å²) in [5, 5.41) is 0. The fraction of sp³-hybridized carbons (Fsp3) is 0.235. The largest absolute Gasteiger partial charge is 0.514 e. The van der Waals surface area contributed by atoms with Crippen LogP contribution in [0.15, 0.2) is 48.5 Å². The van der Waals surface area contributed by atoms with Crippen molar-refractivity contribution in [2.24, 2.45) is 0 Å². The monoisotopic (exact) mass is 269 g/mol. The summed E-state index contributed by atoms with van der Waals surface area (Å²) in [6, 6.07) is 18.1. The van der Waals surface area contributed by atoms with Gasteiger partial charge in [-0.25, -0.2) is 4.79 Å². The molecule has 0 aromatic heterocycles. The van der Waals surface area contributed by atoms with E-state index in [-0.39, 0.29) is 0 Å². The number of carbonyl (C=O) groups excluding carboxylic acids is 1. The van der Waals surface area contributed by atoms with Crippen LogP contribution in [0, 0.1) is 6.07 Å². The average Bonchev–Trinajstić information content (AvgIpc) is 2.38. The van der Waals surface area contributed by atoms with Crippen LogP contribution in [-0.4, -0.2) is 11.8 Å². The van der Waals surface area contributed by atoms with E-state index < -0.39 is 11.8 Å². The van der Waals surface area contributed by atoms with Crippen LogP contribution in [0.25, 0.3) is 11.1 Å². The van der Waals surface area contributed by atoms with Crippen LogP contribution in [0.3, 0.4) is 0 Å². The summed E-state index contributed by atoms with van der Waals surface area (Å²) in [5.74, 6) is 0.457. The standard InChI is InChI=1S/C17H17O3/c1-17(2,3)20-16(18)19-15-11-9-14(10-12-15)13-7-5-4-6-8-13/h4-7,9-12H,1-3H3. The minimum absolute atomic E-state index is 0.457. The Morgan fingerprint density at radius 2 is 1.75 bits per heavy atom. The number of hydrogen-bond donors (Lipinski definition) is 0. The van der Waals surface area contributed by atoms with Crippen molar-refractivity contribution in [1.29, 1.82) is 0 Å². The van der Waals surface area contributed by atoms with Gasteiger partial charge in [0, 0.05) is 0 Å². The Morgan fingerprint density at radius 1 is 1.05 bits per heavy atom. The molecule has 2 rings (SSSR count). The molecule has 0 aliphatic carbocycles. The second kappa shape index (κ2) is 5.78. The lowest BCUT2D eigenvalue weighted by Crippen LogP contribution is -2.25. The van der Waals surface area contributed by atoms with Crippen molar-refractivity contribution in [2.75, 3.05) is 0 Å². The second-order valence-corrected chi connectivity index (χ2v) is 5.37. The summed E-state index contributed by atoms with van der Waals surface area (Å²) in [6.07, 6.45) is -0.698. The third-order valence-electron chi connectivity index (χ3n) is 2.47. The molecule has 2 aromatic rings. The molecular formula is C17H17O3. The molecule has 0 N–H and O–H groups in total. The van der Waals surface area contributed by atoms with Crippen LogP contribution < -0.4 is 4.74 Å². The highest BCUT2D eigenvalue weighted by Gasteiger charge is 2.17. The molecule has 0 fully saturated rings. The van der Waals surface area contributed by atoms with E-state index in [1.54, 1.807) is 32.9 Å². The van der Waals surface area contributed by atoms with Crippen molar-refractivity contribution >= 4 is 6.16 Å². The lowest BCUT2D eigenvalue weighted by Gasteiger charge is -2.18. The van der Waals surface area contributed by atoms with E-state index in [9.17, 15) is 4.79 Å². The lowest BCUT2D eigenvalue weighted by atomic mass is 10.1. The summed E-state index contributed by atoms with van der Waals surface area (Å²) >= 11 is 0. The highest BCUT2D eigenvalue weighted by Crippen LogP contribution is 2.22. The van der Waals surface area contributed by atoms with Crippen molar-refractivity contribution in [3.05, 3.63) is 54.6 Å². The zero-order valence-corrected chi connectivity index (χ0v) is 11.8. The smallest absolute Gasteiger partial charge is 0.428 e. The minimum Gasteiger partial charge on any atom is -0.428 e. The topological polar surface area (TPSA) is 35.5 Å². The Balaban J connectivity index is 2.04. The van der Waals surface area contributed by atoms with Crippen molar-refractivity contribution in [3.63, 3.8) is 0 Å². The van der Waals surface area contributed by atoms with E-state index in [2.05, 4.69) is 6.07 Å². The Kier molecular flexibility index (Phi) is 4.08. The SMILES string of the molecule is CC(C)(C)OC(=O)Oc1ccc(-c2[c]cccc2)cc1. The average molecular weight is 269 g/mol. The van der Waals surface area contributed by atoms with Gasteiger partial charge in [0.2, 0.25) is 0 Å². The molecule has 0 heterocycles. The van der Waals surface area contributed by atoms with Crippen LogP contribution in [0.2, 0.25) is 0 Å². The molecule has 3 nitrogen and oxygen atoms in total. The first-order chi connectivity index (χ1) is 9.44. The van der Waals surface area contributed by atoms with Gasteiger partial charge in [0.05, 0.1) is 0 Å². The van der Waals surface area contributed by atoms with Gasteiger partial charge in [-0.05, 0) is 50.1 Å². The first-order valence-electron chi connectivity index (χ1n) is 6.42. The highest BCUT2D eigenvalue weighted by atomic mass is 16.7. The van der Waals surface area contributed by atoms with Crippen LogP contribution >= 0.6 is 0 Å². The van der Waals surface area contributed by atoms with Crippen LogP contribution in [0.4, 0.5) is 4.79 Å². The Hall–Kier alpha value is -2.29. The summed E-state index contributed by atoms with van der Waals surface area (Å²) in [5.41, 5.74) is 1.45. The maximum atomic E-state index is 11.5. The molecule has 0 bridgehead atoms. The molecule has 1 radical (unpaired) electrons. The molecule has 0 atom stereocenters. The molecule has 0 saturated heterocycles. The zero-order chi connectivity index (χ0) is 14.6. The Morgan fingerprint density at radius 3 is 2.30 bits per heavy atom. The molecule has 103 valence electrons. The number of ether oxygens (including phenoxy) is 2. The fourth-order valence-electron chi connectivity index (χ4n) is 1.64. The quantitative estimate of drug-likeness (QED) is 0.596. The number of hydrogen-bond acceptors (Lipinski definition) is 3. The third-order valence-corrected chi connectivity index (χ3v) is 2.47. The first-order valence-corrected chi connectivity index (χ1v) is 6.42. The van der Waals surface area contributed by atoms with Gasteiger partial charge in [-0.2, -0.15) is 0 Å². The van der Waals surface area contributed by atoms with Crippen molar-refractivity contribution < 1.29 is 14.3 Å². The summed E-state index contributed by atoms with van der Waals surface area (Å²) in [4.78, 5) is 11.5. The van der Waals surface area contributed by atoms with Gasteiger partial charge in [0.25, 0.3) is 0 Å². The predicted molar refractivity (Wildman–Crippen MR) is 77.6 cm³/mol. The maximum Gasteiger partial charge on any atom is 0.514 e. The summed E-state index contributed by atoms with van der Waals surface area (Å²) in [6.45, 7) is 5.38. The Labute approximate surface area is 119 Å². The molecule has 0 spiro atoms. The molecule has 2 aromatic carbocycles. The number of carbonyl (C=O) groups is 1. The van der Waals surface area contributed by atoms with Gasteiger partial charge in [0.15, 0.2) is 0 Å². The zero-order valence-electron chi connectivity index (χ0n) is 11.8. The molecule has 0 saturated carbocycles. The van der Waals surface area contributed by atoms with Gasteiger partial charge in [0.1, 0.15) is 11.4 Å². The van der Waals surface area contributed by atoms with E-state index in [1.807, 2.05) is 36.4 Å². The molecule has 3 heteroatoms. The molecule has 20 heavy (non-hydrogen) atoms. The van der Waals surface area contributed by atoms with Crippen LogP contribution in [0.5, 0.6) is 5.75 Å². The fourth-order valence-corrected chi connectivity index (χ4v) is 1.64. The Bertz CT molecular complexity index is 565. The minimum atomic E-state index is -0.698. The summed E-state index contributed by atoms with van der Waals surface area (Å²) < 4.78 is 10.2. The number of benzene rings is 2. The van der Waals surface area contributed by atoms with E-state index >= 15 is 0 Å². The van der Waals surface area contributed by atoms with Crippen molar-refractivity contribution in [1.82, 2.24) is 0 Å². The van der Waals surface area contributed by atoms with Gasteiger partial charge in [-0.3, -0.25) is 0 Å². The van der Waals surface area contributed by atoms with Crippen molar-refractivity contribution in [3.8, 4) is 16.9 Å². The van der Waals surface area contributed by atoms with Gasteiger partial charge < -0.3 is 9.47 Å². The first kappa shape index (κ1) is 14.1. The van der Waals surface area contributed by atoms with Gasteiger partial charge >= 0.3 is 6.16 Å². The van der Waals surface area contributed by atoms with E-state index in [0.29, 0.717) is 5.75 Å². The van der Waals surface area contributed by atoms with E-state index in [1.165, 1.54) is 0 Å². The third kappa shape index (κ3) is 4.12. The molecule has 0 aliphatic rings. The summed E-state index contributed by atoms with van der Waals surface area (Å²) in [7, 11) is 0. The number of rotatable bonds is 2. The molecule has 0 unspecified atom stereocenters. The van der Waals surface area contributed by atoms with Crippen LogP contribution in [-0.2, 0) is 4.74 Å². The van der Waals surface area contributed by atoms with E-state index in [0.717, 1.165) is 11.1 Å². The maximum absolute atomic E-state index is 11.5. The predicted octanol–water partition coefficient (Wildman–Crippen LogP) is 4.47. The van der Waals surface area contributed by atoms with E-state index in [4.69, 9.17) is 9.47 Å². The van der Waals surface area contributed by atoms with Gasteiger partial charge in [-0.1, -0.05) is 36.4 Å².